The lowest BCUT2D eigenvalue weighted by atomic mass is 10.0. The van der Waals surface area contributed by atoms with Crippen molar-refractivity contribution in [2.45, 2.75) is 6.04 Å². The maximum absolute atomic E-state index is 13.1. The van der Waals surface area contributed by atoms with Crippen LogP contribution in [0.15, 0.2) is 54.6 Å². The summed E-state index contributed by atoms with van der Waals surface area (Å²) in [4.78, 5) is 19.1. The topological polar surface area (TPSA) is 26.8 Å². The zero-order chi connectivity index (χ0) is 17.8. The molecule has 1 aliphatic rings. The highest BCUT2D eigenvalue weighted by Gasteiger charge is 2.30. The fourth-order valence-corrected chi connectivity index (χ4v) is 3.31. The Morgan fingerprint density at radius 1 is 0.960 bits per heavy atom. The van der Waals surface area contributed by atoms with Crippen molar-refractivity contribution >= 4 is 11.6 Å². The van der Waals surface area contributed by atoms with Gasteiger partial charge in [-0.15, -0.1) is 0 Å². The quantitative estimate of drug-likeness (QED) is 0.856. The maximum Gasteiger partial charge on any atom is 0.244 e. The van der Waals surface area contributed by atoms with Gasteiger partial charge in [0.2, 0.25) is 5.91 Å². The number of anilines is 1. The van der Waals surface area contributed by atoms with Gasteiger partial charge < -0.3 is 9.80 Å². The maximum atomic E-state index is 13.1. The van der Waals surface area contributed by atoms with E-state index in [1.54, 1.807) is 12.1 Å². The van der Waals surface area contributed by atoms with Gasteiger partial charge in [0.1, 0.15) is 11.9 Å². The minimum absolute atomic E-state index is 0.134. The number of nitrogens with zero attached hydrogens (tertiary/aromatic N) is 3. The smallest absolute Gasteiger partial charge is 0.244 e. The Labute approximate surface area is 148 Å². The van der Waals surface area contributed by atoms with Crippen LogP contribution in [0.4, 0.5) is 10.1 Å². The molecule has 0 radical (unpaired) electrons. The summed E-state index contributed by atoms with van der Waals surface area (Å²) in [7, 11) is 3.87. The number of amides is 1. The SMILES string of the molecule is CN(C)C(C(=O)N1CCN(c2ccc(F)cc2)CC1)c1ccccc1. The van der Waals surface area contributed by atoms with E-state index in [9.17, 15) is 9.18 Å². The average molecular weight is 341 g/mol. The molecule has 0 aromatic heterocycles. The first kappa shape index (κ1) is 17.4. The molecule has 132 valence electrons. The predicted octanol–water partition coefficient (Wildman–Crippen LogP) is 2.78. The molecule has 2 aromatic rings. The summed E-state index contributed by atoms with van der Waals surface area (Å²) in [6.45, 7) is 2.86. The van der Waals surface area contributed by atoms with Crippen LogP contribution in [0.5, 0.6) is 0 Å². The molecule has 1 amide bonds. The molecule has 0 saturated carbocycles. The van der Waals surface area contributed by atoms with Gasteiger partial charge in [0.25, 0.3) is 0 Å². The molecule has 1 heterocycles. The first-order valence-electron chi connectivity index (χ1n) is 8.57. The predicted molar refractivity (Wildman–Crippen MR) is 98.1 cm³/mol. The Morgan fingerprint density at radius 3 is 2.12 bits per heavy atom. The fourth-order valence-electron chi connectivity index (χ4n) is 3.31. The number of halogens is 1. The molecule has 1 unspecified atom stereocenters. The second-order valence-electron chi connectivity index (χ2n) is 6.57. The van der Waals surface area contributed by atoms with E-state index in [2.05, 4.69) is 4.90 Å². The summed E-state index contributed by atoms with van der Waals surface area (Å²) < 4.78 is 13.1. The van der Waals surface area contributed by atoms with E-state index in [-0.39, 0.29) is 17.8 Å². The fraction of sp³-hybridized carbons (Fsp3) is 0.350. The van der Waals surface area contributed by atoms with Crippen LogP contribution >= 0.6 is 0 Å². The Hall–Kier alpha value is -2.40. The second-order valence-corrected chi connectivity index (χ2v) is 6.57. The number of piperazine rings is 1. The van der Waals surface area contributed by atoms with Gasteiger partial charge in [-0.25, -0.2) is 4.39 Å². The lowest BCUT2D eigenvalue weighted by Crippen LogP contribution is -2.51. The Balaban J connectivity index is 1.67. The van der Waals surface area contributed by atoms with Gasteiger partial charge in [-0.3, -0.25) is 9.69 Å². The standard InChI is InChI=1S/C20H24FN3O/c1-22(2)19(16-6-4-3-5-7-16)20(25)24-14-12-23(13-15-24)18-10-8-17(21)9-11-18/h3-11,19H,12-15H2,1-2H3. The number of likely N-dealkylation sites (N-methyl/N-ethyl adjacent to an activating group) is 1. The summed E-state index contributed by atoms with van der Waals surface area (Å²) in [6, 6.07) is 16.2. The van der Waals surface area contributed by atoms with Crippen molar-refractivity contribution in [3.8, 4) is 0 Å². The van der Waals surface area contributed by atoms with Crippen LogP contribution in [0.25, 0.3) is 0 Å². The van der Waals surface area contributed by atoms with Crippen LogP contribution in [0.2, 0.25) is 0 Å². The van der Waals surface area contributed by atoms with E-state index in [1.807, 2.05) is 54.2 Å². The highest BCUT2D eigenvalue weighted by molar-refractivity contribution is 5.83. The van der Waals surface area contributed by atoms with Gasteiger partial charge in [0.15, 0.2) is 0 Å². The molecule has 0 spiro atoms. The molecule has 0 aliphatic carbocycles. The third-order valence-corrected chi connectivity index (χ3v) is 4.65. The highest BCUT2D eigenvalue weighted by atomic mass is 19.1. The van der Waals surface area contributed by atoms with Gasteiger partial charge in [-0.05, 0) is 43.9 Å². The van der Waals surface area contributed by atoms with Crippen molar-refractivity contribution in [1.29, 1.82) is 0 Å². The zero-order valence-corrected chi connectivity index (χ0v) is 14.7. The van der Waals surface area contributed by atoms with Crippen molar-refractivity contribution in [3.05, 3.63) is 66.0 Å². The van der Waals surface area contributed by atoms with E-state index >= 15 is 0 Å². The molecule has 1 aliphatic heterocycles. The number of carbonyl (C=O) groups is 1. The van der Waals surface area contributed by atoms with Crippen molar-refractivity contribution in [2.75, 3.05) is 45.2 Å². The number of hydrogen-bond acceptors (Lipinski definition) is 3. The van der Waals surface area contributed by atoms with Crippen molar-refractivity contribution in [3.63, 3.8) is 0 Å². The van der Waals surface area contributed by atoms with Gasteiger partial charge in [-0.2, -0.15) is 0 Å². The van der Waals surface area contributed by atoms with E-state index in [4.69, 9.17) is 0 Å². The molecular weight excluding hydrogens is 317 g/mol. The molecule has 0 bridgehead atoms. The van der Waals surface area contributed by atoms with Crippen LogP contribution < -0.4 is 4.90 Å². The Morgan fingerprint density at radius 2 is 1.56 bits per heavy atom. The lowest BCUT2D eigenvalue weighted by Gasteiger charge is -2.38. The monoisotopic (exact) mass is 341 g/mol. The van der Waals surface area contributed by atoms with Gasteiger partial charge in [0.05, 0.1) is 0 Å². The normalized spacial score (nSPS) is 16.2. The molecular formula is C20H24FN3O. The third kappa shape index (κ3) is 3.99. The number of rotatable bonds is 4. The van der Waals surface area contributed by atoms with Crippen LogP contribution in [0.3, 0.4) is 0 Å². The lowest BCUT2D eigenvalue weighted by molar-refractivity contribution is -0.136. The third-order valence-electron chi connectivity index (χ3n) is 4.65. The summed E-state index contributed by atoms with van der Waals surface area (Å²) in [5.74, 6) is -0.0933. The number of hydrogen-bond donors (Lipinski definition) is 0. The molecule has 2 aromatic carbocycles. The molecule has 3 rings (SSSR count). The van der Waals surface area contributed by atoms with E-state index in [1.165, 1.54) is 12.1 Å². The Kier molecular flexibility index (Phi) is 5.34. The number of benzene rings is 2. The van der Waals surface area contributed by atoms with Crippen LogP contribution in [-0.2, 0) is 4.79 Å². The summed E-state index contributed by atoms with van der Waals surface area (Å²) in [6.07, 6.45) is 0. The minimum Gasteiger partial charge on any atom is -0.368 e. The molecule has 1 atom stereocenters. The molecule has 1 fully saturated rings. The van der Waals surface area contributed by atoms with Crippen LogP contribution in [0.1, 0.15) is 11.6 Å². The number of carbonyl (C=O) groups excluding carboxylic acids is 1. The Bertz CT molecular complexity index is 695. The second kappa shape index (κ2) is 7.66. The highest BCUT2D eigenvalue weighted by Crippen LogP contribution is 2.23. The van der Waals surface area contributed by atoms with Gasteiger partial charge in [-0.1, -0.05) is 30.3 Å². The first-order chi connectivity index (χ1) is 12.1. The molecule has 1 saturated heterocycles. The van der Waals surface area contributed by atoms with Crippen molar-refractivity contribution in [1.82, 2.24) is 9.80 Å². The van der Waals surface area contributed by atoms with Crippen molar-refractivity contribution < 1.29 is 9.18 Å². The molecule has 4 nitrogen and oxygen atoms in total. The first-order valence-corrected chi connectivity index (χ1v) is 8.57. The summed E-state index contributed by atoms with van der Waals surface area (Å²) in [5.41, 5.74) is 2.01. The van der Waals surface area contributed by atoms with Crippen molar-refractivity contribution in [2.24, 2.45) is 0 Å². The average Bonchev–Trinajstić information content (AvgIpc) is 2.63. The van der Waals surface area contributed by atoms with Gasteiger partial charge >= 0.3 is 0 Å². The van der Waals surface area contributed by atoms with Gasteiger partial charge in [0, 0.05) is 31.9 Å². The van der Waals surface area contributed by atoms with E-state index < -0.39 is 0 Å². The van der Waals surface area contributed by atoms with Crippen LogP contribution in [0, 0.1) is 5.82 Å². The molecule has 0 N–H and O–H groups in total. The molecule has 25 heavy (non-hydrogen) atoms. The summed E-state index contributed by atoms with van der Waals surface area (Å²) in [5, 5.41) is 0. The molecule has 5 heteroatoms. The van der Waals surface area contributed by atoms with Crippen LogP contribution in [-0.4, -0.2) is 56.0 Å². The summed E-state index contributed by atoms with van der Waals surface area (Å²) >= 11 is 0. The minimum atomic E-state index is -0.265. The van der Waals surface area contributed by atoms with E-state index in [0.29, 0.717) is 13.1 Å². The largest absolute Gasteiger partial charge is 0.368 e. The zero-order valence-electron chi connectivity index (χ0n) is 14.7. The van der Waals surface area contributed by atoms with E-state index in [0.717, 1.165) is 24.3 Å².